The molecule has 0 unspecified atom stereocenters. The van der Waals surface area contributed by atoms with Gasteiger partial charge >= 0.3 is 12.2 Å². The molecule has 3 amide bonds. The van der Waals surface area contributed by atoms with Crippen LogP contribution in [0.2, 0.25) is 0 Å². The summed E-state index contributed by atoms with van der Waals surface area (Å²) in [4.78, 5) is 32.2. The van der Waals surface area contributed by atoms with E-state index >= 15 is 0 Å². The van der Waals surface area contributed by atoms with Crippen LogP contribution in [0.25, 0.3) is 11.1 Å². The fourth-order valence-electron chi connectivity index (χ4n) is 4.16. The van der Waals surface area contributed by atoms with E-state index < -0.39 is 17.8 Å². The smallest absolute Gasteiger partial charge is 0.308 e. The van der Waals surface area contributed by atoms with Crippen LogP contribution in [0.4, 0.5) is 35.2 Å². The molecule has 0 radical (unpaired) electrons. The molecule has 1 fully saturated rings. The largest absolute Gasteiger partial charge is 0.416 e. The van der Waals surface area contributed by atoms with Crippen molar-refractivity contribution in [2.45, 2.75) is 12.7 Å². The number of alkyl halides is 3. The van der Waals surface area contributed by atoms with Crippen molar-refractivity contribution in [1.82, 2.24) is 14.8 Å². The van der Waals surface area contributed by atoms with Gasteiger partial charge in [0, 0.05) is 55.9 Å². The molecule has 0 saturated carbocycles. The number of carbonyl (C=O) groups is 2. The zero-order valence-corrected chi connectivity index (χ0v) is 21.4. The second-order valence-corrected chi connectivity index (χ2v) is 9.23. The van der Waals surface area contributed by atoms with Crippen molar-refractivity contribution in [3.63, 3.8) is 0 Å². The number of nitrogens with one attached hydrogen (secondary N) is 3. The first-order valence-corrected chi connectivity index (χ1v) is 12.3. The first-order chi connectivity index (χ1) is 18.6. The van der Waals surface area contributed by atoms with E-state index in [1.54, 1.807) is 42.6 Å². The molecule has 0 atom stereocenters. The first kappa shape index (κ1) is 27.8. The number of hydrogen-bond donors (Lipinski definition) is 3. The second-order valence-electron chi connectivity index (χ2n) is 9.23. The third-order valence-electron chi connectivity index (χ3n) is 6.34. The van der Waals surface area contributed by atoms with Crippen LogP contribution in [0.1, 0.15) is 11.1 Å². The minimum atomic E-state index is -4.55. The summed E-state index contributed by atoms with van der Waals surface area (Å²) >= 11 is 0. The Labute approximate surface area is 224 Å². The molecule has 4 rings (SSSR count). The highest BCUT2D eigenvalue weighted by Gasteiger charge is 2.34. The van der Waals surface area contributed by atoms with Gasteiger partial charge in [-0.25, -0.2) is 9.78 Å². The van der Waals surface area contributed by atoms with Crippen molar-refractivity contribution in [2.24, 2.45) is 0 Å². The molecule has 2 heterocycles. The molecule has 1 aliphatic heterocycles. The number of pyridine rings is 1. The molecule has 1 aromatic heterocycles. The molecule has 8 nitrogen and oxygen atoms in total. The van der Waals surface area contributed by atoms with Gasteiger partial charge in [0.25, 0.3) is 0 Å². The summed E-state index contributed by atoms with van der Waals surface area (Å²) in [5.74, 6) is 0.0276. The van der Waals surface area contributed by atoms with Gasteiger partial charge in [0.2, 0.25) is 5.91 Å². The quantitative estimate of drug-likeness (QED) is 0.356. The summed E-state index contributed by atoms with van der Waals surface area (Å²) in [6.45, 7) is 6.60. The van der Waals surface area contributed by atoms with E-state index in [0.717, 1.165) is 36.4 Å². The monoisotopic (exact) mass is 538 g/mol. The number of likely N-dealkylation sites (N-methyl/N-ethyl adjacent to an activating group) is 1. The molecule has 3 aromatic rings. The maximum atomic E-state index is 13.8. The molecule has 2 aromatic carbocycles. The second kappa shape index (κ2) is 12.1. The molecule has 0 bridgehead atoms. The molecule has 11 heteroatoms. The number of amides is 3. The topological polar surface area (TPSA) is 89.6 Å². The molecule has 204 valence electrons. The third kappa shape index (κ3) is 7.65. The average Bonchev–Trinajstić information content (AvgIpc) is 2.91. The third-order valence-corrected chi connectivity index (χ3v) is 6.34. The Balaban J connectivity index is 1.38. The Morgan fingerprint density at radius 3 is 2.18 bits per heavy atom. The molecule has 0 aliphatic carbocycles. The predicted octanol–water partition coefficient (Wildman–Crippen LogP) is 5.28. The highest BCUT2D eigenvalue weighted by molar-refractivity contribution is 6.00. The SMILES string of the molecule is C=CC(=O)Nc1ccc(-c2ccc(NC(=O)Nc3ccc(CN4CCN(C)CC4)c(C(F)(F)F)c3)cc2)cn1. The van der Waals surface area contributed by atoms with E-state index in [1.807, 2.05) is 11.9 Å². The Morgan fingerprint density at radius 1 is 0.923 bits per heavy atom. The lowest BCUT2D eigenvalue weighted by Gasteiger charge is -2.33. The molecule has 39 heavy (non-hydrogen) atoms. The highest BCUT2D eigenvalue weighted by atomic mass is 19.4. The van der Waals surface area contributed by atoms with Gasteiger partial charge in [-0.2, -0.15) is 13.2 Å². The molecule has 0 spiro atoms. The summed E-state index contributed by atoms with van der Waals surface area (Å²) in [6.07, 6.45) is -1.80. The average molecular weight is 539 g/mol. The number of carbonyl (C=O) groups excluding carboxylic acids is 2. The Hall–Kier alpha value is -4.22. The van der Waals surface area contributed by atoms with Crippen LogP contribution in [-0.4, -0.2) is 59.9 Å². The fraction of sp³-hybridized carbons (Fsp3) is 0.250. The van der Waals surface area contributed by atoms with Crippen LogP contribution in [-0.2, 0) is 17.5 Å². The number of anilines is 3. The van der Waals surface area contributed by atoms with Crippen LogP contribution in [0.5, 0.6) is 0 Å². The maximum Gasteiger partial charge on any atom is 0.416 e. The van der Waals surface area contributed by atoms with Crippen LogP contribution in [0.3, 0.4) is 0 Å². The van der Waals surface area contributed by atoms with E-state index in [9.17, 15) is 22.8 Å². The lowest BCUT2D eigenvalue weighted by atomic mass is 10.0. The van der Waals surface area contributed by atoms with Crippen molar-refractivity contribution >= 4 is 29.1 Å². The summed E-state index contributed by atoms with van der Waals surface area (Å²) in [6, 6.07) is 13.5. The Kier molecular flexibility index (Phi) is 8.62. The normalized spacial score (nSPS) is 14.5. The van der Waals surface area contributed by atoms with E-state index in [0.29, 0.717) is 24.6 Å². The van der Waals surface area contributed by atoms with Crippen LogP contribution in [0, 0.1) is 0 Å². The molecule has 1 aliphatic rings. The highest BCUT2D eigenvalue weighted by Crippen LogP contribution is 2.34. The number of halogens is 3. The van der Waals surface area contributed by atoms with E-state index in [4.69, 9.17) is 0 Å². The van der Waals surface area contributed by atoms with Crippen molar-refractivity contribution in [2.75, 3.05) is 49.2 Å². The van der Waals surface area contributed by atoms with Crippen LogP contribution >= 0.6 is 0 Å². The minimum Gasteiger partial charge on any atom is -0.308 e. The Morgan fingerprint density at radius 2 is 1.56 bits per heavy atom. The van der Waals surface area contributed by atoms with Gasteiger partial charge in [0.05, 0.1) is 5.56 Å². The van der Waals surface area contributed by atoms with Crippen molar-refractivity contribution in [1.29, 1.82) is 0 Å². The lowest BCUT2D eigenvalue weighted by molar-refractivity contribution is -0.138. The number of urea groups is 1. The summed E-state index contributed by atoms with van der Waals surface area (Å²) < 4.78 is 41.5. The first-order valence-electron chi connectivity index (χ1n) is 12.3. The Bertz CT molecular complexity index is 1320. The summed E-state index contributed by atoms with van der Waals surface area (Å²) in [5, 5.41) is 7.69. The molecule has 1 saturated heterocycles. The molecular formula is C28H29F3N6O2. The molecule has 3 N–H and O–H groups in total. The zero-order chi connectivity index (χ0) is 28.0. The van der Waals surface area contributed by atoms with E-state index in [1.165, 1.54) is 12.1 Å². The van der Waals surface area contributed by atoms with Gasteiger partial charge in [-0.15, -0.1) is 0 Å². The lowest BCUT2D eigenvalue weighted by Crippen LogP contribution is -2.44. The van der Waals surface area contributed by atoms with Gasteiger partial charge in [0.1, 0.15) is 5.82 Å². The number of hydrogen-bond acceptors (Lipinski definition) is 5. The summed E-state index contributed by atoms with van der Waals surface area (Å²) in [5.41, 5.74) is 1.54. The van der Waals surface area contributed by atoms with Crippen LogP contribution in [0.15, 0.2) is 73.4 Å². The van der Waals surface area contributed by atoms with Gasteiger partial charge in [0.15, 0.2) is 0 Å². The summed E-state index contributed by atoms with van der Waals surface area (Å²) in [7, 11) is 1.99. The van der Waals surface area contributed by atoms with Gasteiger partial charge in [-0.3, -0.25) is 9.69 Å². The van der Waals surface area contributed by atoms with Gasteiger partial charge < -0.3 is 20.9 Å². The van der Waals surface area contributed by atoms with Gasteiger partial charge in [-0.05, 0) is 60.6 Å². The standard InChI is InChI=1S/C28H29F3N6O2/c1-3-26(38)35-25-11-7-20(17-32-25)19-4-8-22(9-5-19)33-27(39)34-23-10-6-21(24(16-23)28(29,30)31)18-37-14-12-36(2)13-15-37/h3-11,16-17H,1,12-15,18H2,2H3,(H,32,35,38)(H2,33,34,39). The zero-order valence-electron chi connectivity index (χ0n) is 21.4. The van der Waals surface area contributed by atoms with E-state index in [-0.39, 0.29) is 23.7 Å². The number of nitrogens with zero attached hydrogens (tertiary/aromatic N) is 3. The fourth-order valence-corrected chi connectivity index (χ4v) is 4.16. The van der Waals surface area contributed by atoms with E-state index in [2.05, 4.69) is 32.4 Å². The minimum absolute atomic E-state index is 0.0493. The van der Waals surface area contributed by atoms with Crippen molar-refractivity contribution in [3.8, 4) is 11.1 Å². The number of rotatable bonds is 7. The number of aromatic nitrogens is 1. The molecular weight excluding hydrogens is 509 g/mol. The number of benzene rings is 2. The maximum absolute atomic E-state index is 13.8. The van der Waals surface area contributed by atoms with Crippen LogP contribution < -0.4 is 16.0 Å². The van der Waals surface area contributed by atoms with Crippen molar-refractivity contribution < 1.29 is 22.8 Å². The van der Waals surface area contributed by atoms with Gasteiger partial charge in [-0.1, -0.05) is 24.8 Å². The predicted molar refractivity (Wildman–Crippen MR) is 145 cm³/mol. The number of piperazine rings is 1. The van der Waals surface area contributed by atoms with Crippen molar-refractivity contribution in [3.05, 3.63) is 84.6 Å².